The van der Waals surface area contributed by atoms with Gasteiger partial charge in [-0.2, -0.15) is 0 Å². The molecule has 2 rings (SSSR count). The van der Waals surface area contributed by atoms with E-state index in [1.165, 1.54) is 22.3 Å². The molecule has 0 fully saturated rings. The fourth-order valence-corrected chi connectivity index (χ4v) is 2.61. The van der Waals surface area contributed by atoms with E-state index in [1.54, 1.807) is 0 Å². The van der Waals surface area contributed by atoms with Gasteiger partial charge in [0.15, 0.2) is 0 Å². The number of rotatable bonds is 4. The van der Waals surface area contributed by atoms with Crippen molar-refractivity contribution in [2.75, 3.05) is 24.3 Å². The summed E-state index contributed by atoms with van der Waals surface area (Å²) in [6.45, 7) is 7.27. The molecule has 1 N–H and O–H groups in total. The molecule has 0 saturated heterocycles. The first-order chi connectivity index (χ1) is 9.88. The van der Waals surface area contributed by atoms with Crippen molar-refractivity contribution in [2.45, 2.75) is 27.3 Å². The van der Waals surface area contributed by atoms with Crippen molar-refractivity contribution in [1.82, 2.24) is 0 Å². The number of nitrogens with one attached hydrogen (secondary N) is 1. The lowest BCUT2D eigenvalue weighted by Gasteiger charge is -2.19. The second kappa shape index (κ2) is 6.40. The number of halogens is 1. The van der Waals surface area contributed by atoms with E-state index in [-0.39, 0.29) is 0 Å². The maximum Gasteiger partial charge on any atom is 0.0597 e. The van der Waals surface area contributed by atoms with E-state index >= 15 is 0 Å². The SMILES string of the molecule is Cc1cc(C)c(CNc2cc(Cl)ccc2N(C)C)cc1C. The minimum absolute atomic E-state index is 0.750. The van der Waals surface area contributed by atoms with Crippen molar-refractivity contribution in [3.63, 3.8) is 0 Å². The molecule has 0 aliphatic carbocycles. The van der Waals surface area contributed by atoms with Crippen LogP contribution in [0.3, 0.4) is 0 Å². The monoisotopic (exact) mass is 302 g/mol. The van der Waals surface area contributed by atoms with Crippen molar-refractivity contribution in [1.29, 1.82) is 0 Å². The van der Waals surface area contributed by atoms with Gasteiger partial charge in [-0.1, -0.05) is 23.7 Å². The normalized spacial score (nSPS) is 10.6. The van der Waals surface area contributed by atoms with E-state index in [0.29, 0.717) is 0 Å². The molecule has 0 aromatic heterocycles. The standard InChI is InChI=1S/C18H23ClN2/c1-12-8-14(3)15(9-13(12)2)11-20-17-10-16(19)6-7-18(17)21(4)5/h6-10,20H,11H2,1-5H3. The van der Waals surface area contributed by atoms with E-state index in [1.807, 2.05) is 32.3 Å². The highest BCUT2D eigenvalue weighted by atomic mass is 35.5. The molecule has 0 radical (unpaired) electrons. The lowest BCUT2D eigenvalue weighted by Crippen LogP contribution is -2.12. The largest absolute Gasteiger partial charge is 0.379 e. The molecule has 112 valence electrons. The zero-order valence-electron chi connectivity index (χ0n) is 13.4. The van der Waals surface area contributed by atoms with Gasteiger partial charge in [-0.25, -0.2) is 0 Å². The van der Waals surface area contributed by atoms with E-state index in [9.17, 15) is 0 Å². The molecule has 2 aromatic rings. The molecule has 0 spiro atoms. The third-order valence-corrected chi connectivity index (χ3v) is 4.10. The van der Waals surface area contributed by atoms with Gasteiger partial charge in [-0.3, -0.25) is 0 Å². The smallest absolute Gasteiger partial charge is 0.0597 e. The molecule has 2 aromatic carbocycles. The molecule has 21 heavy (non-hydrogen) atoms. The molecular formula is C18H23ClN2. The van der Waals surface area contributed by atoms with Gasteiger partial charge in [0.25, 0.3) is 0 Å². The average Bonchev–Trinajstić information content (AvgIpc) is 2.41. The zero-order chi connectivity index (χ0) is 15.6. The van der Waals surface area contributed by atoms with Crippen molar-refractivity contribution in [2.24, 2.45) is 0 Å². The Balaban J connectivity index is 2.24. The molecule has 0 unspecified atom stereocenters. The first kappa shape index (κ1) is 15.7. The quantitative estimate of drug-likeness (QED) is 0.860. The van der Waals surface area contributed by atoms with E-state index in [0.717, 1.165) is 22.9 Å². The van der Waals surface area contributed by atoms with Crippen molar-refractivity contribution in [3.8, 4) is 0 Å². The summed E-state index contributed by atoms with van der Waals surface area (Å²) in [6, 6.07) is 10.4. The third-order valence-electron chi connectivity index (χ3n) is 3.86. The van der Waals surface area contributed by atoms with Crippen LogP contribution in [0.4, 0.5) is 11.4 Å². The van der Waals surface area contributed by atoms with Crippen LogP contribution in [0.25, 0.3) is 0 Å². The number of aryl methyl sites for hydroxylation is 3. The van der Waals surface area contributed by atoms with Crippen LogP contribution in [0.15, 0.2) is 30.3 Å². The van der Waals surface area contributed by atoms with E-state index in [4.69, 9.17) is 11.6 Å². The Morgan fingerprint density at radius 1 is 0.952 bits per heavy atom. The fraction of sp³-hybridized carbons (Fsp3) is 0.333. The summed E-state index contributed by atoms with van der Waals surface area (Å²) in [5.41, 5.74) is 7.51. The van der Waals surface area contributed by atoms with Crippen LogP contribution >= 0.6 is 11.6 Å². The van der Waals surface area contributed by atoms with Crippen molar-refractivity contribution < 1.29 is 0 Å². The number of nitrogens with zero attached hydrogens (tertiary/aromatic N) is 1. The van der Waals surface area contributed by atoms with Gasteiger partial charge in [0.05, 0.1) is 11.4 Å². The molecule has 2 nitrogen and oxygen atoms in total. The second-order valence-corrected chi connectivity index (χ2v) is 6.21. The van der Waals surface area contributed by atoms with Crippen LogP contribution in [-0.4, -0.2) is 14.1 Å². The lowest BCUT2D eigenvalue weighted by molar-refractivity contribution is 1.08. The van der Waals surface area contributed by atoms with Crippen molar-refractivity contribution in [3.05, 3.63) is 57.6 Å². The van der Waals surface area contributed by atoms with Gasteiger partial charge < -0.3 is 10.2 Å². The summed E-state index contributed by atoms with van der Waals surface area (Å²) in [5, 5.41) is 4.26. The summed E-state index contributed by atoms with van der Waals surface area (Å²) in [4.78, 5) is 2.09. The minimum atomic E-state index is 0.750. The molecule has 0 atom stereocenters. The third kappa shape index (κ3) is 3.70. The average molecular weight is 303 g/mol. The molecule has 0 aliphatic heterocycles. The summed E-state index contributed by atoms with van der Waals surface area (Å²) in [5.74, 6) is 0. The summed E-state index contributed by atoms with van der Waals surface area (Å²) in [7, 11) is 4.07. The molecule has 0 aliphatic rings. The number of hydrogen-bond donors (Lipinski definition) is 1. The Kier molecular flexibility index (Phi) is 4.79. The Bertz CT molecular complexity index is 648. The van der Waals surface area contributed by atoms with Crippen LogP contribution in [-0.2, 0) is 6.54 Å². The number of benzene rings is 2. The van der Waals surface area contributed by atoms with Gasteiger partial charge in [-0.05, 0) is 61.2 Å². The van der Waals surface area contributed by atoms with Crippen molar-refractivity contribution >= 4 is 23.0 Å². The van der Waals surface area contributed by atoms with Crippen LogP contribution < -0.4 is 10.2 Å². The molecular weight excluding hydrogens is 280 g/mol. The number of anilines is 2. The highest BCUT2D eigenvalue weighted by Gasteiger charge is 2.07. The predicted octanol–water partition coefficient (Wildman–Crippen LogP) is 4.94. The van der Waals surface area contributed by atoms with Crippen LogP contribution in [0, 0.1) is 20.8 Å². The zero-order valence-corrected chi connectivity index (χ0v) is 14.2. The molecule has 3 heteroatoms. The number of hydrogen-bond acceptors (Lipinski definition) is 2. The summed E-state index contributed by atoms with van der Waals surface area (Å²) < 4.78 is 0. The van der Waals surface area contributed by atoms with Gasteiger partial charge in [0, 0.05) is 25.7 Å². The topological polar surface area (TPSA) is 15.3 Å². The Morgan fingerprint density at radius 2 is 1.62 bits per heavy atom. The first-order valence-corrected chi connectivity index (χ1v) is 7.53. The molecule has 0 saturated carbocycles. The van der Waals surface area contributed by atoms with Crippen LogP contribution in [0.5, 0.6) is 0 Å². The lowest BCUT2D eigenvalue weighted by atomic mass is 10.0. The Labute approximate surface area is 132 Å². The van der Waals surface area contributed by atoms with Gasteiger partial charge >= 0.3 is 0 Å². The van der Waals surface area contributed by atoms with E-state index in [2.05, 4.69) is 43.1 Å². The fourth-order valence-electron chi connectivity index (χ4n) is 2.44. The highest BCUT2D eigenvalue weighted by molar-refractivity contribution is 6.31. The van der Waals surface area contributed by atoms with Gasteiger partial charge in [0.1, 0.15) is 0 Å². The summed E-state index contributed by atoms with van der Waals surface area (Å²) >= 11 is 6.12. The first-order valence-electron chi connectivity index (χ1n) is 7.16. The maximum atomic E-state index is 6.12. The van der Waals surface area contributed by atoms with Gasteiger partial charge in [0.2, 0.25) is 0 Å². The Hall–Kier alpha value is -1.67. The van der Waals surface area contributed by atoms with Gasteiger partial charge in [-0.15, -0.1) is 0 Å². The van der Waals surface area contributed by atoms with Crippen LogP contribution in [0.2, 0.25) is 5.02 Å². The van der Waals surface area contributed by atoms with Crippen LogP contribution in [0.1, 0.15) is 22.3 Å². The molecule has 0 amide bonds. The van der Waals surface area contributed by atoms with E-state index < -0.39 is 0 Å². The summed E-state index contributed by atoms with van der Waals surface area (Å²) in [6.07, 6.45) is 0. The molecule has 0 bridgehead atoms. The second-order valence-electron chi connectivity index (χ2n) is 5.77. The predicted molar refractivity (Wildman–Crippen MR) is 93.8 cm³/mol. The Morgan fingerprint density at radius 3 is 2.29 bits per heavy atom. The highest BCUT2D eigenvalue weighted by Crippen LogP contribution is 2.28. The minimum Gasteiger partial charge on any atom is -0.379 e. The maximum absolute atomic E-state index is 6.12. The molecule has 0 heterocycles.